The Labute approximate surface area is 176 Å². The van der Waals surface area contributed by atoms with Crippen LogP contribution in [0.3, 0.4) is 0 Å². The molecule has 0 aliphatic heterocycles. The van der Waals surface area contributed by atoms with E-state index in [1.165, 1.54) is 0 Å². The lowest BCUT2D eigenvalue weighted by atomic mass is 9.97. The number of ether oxygens (including phenoxy) is 2. The van der Waals surface area contributed by atoms with Crippen LogP contribution in [-0.2, 0) is 27.4 Å². The number of carbonyl (C=O) groups excluding carboxylic acids is 1. The number of esters is 1. The van der Waals surface area contributed by atoms with Crippen molar-refractivity contribution in [3.8, 4) is 16.2 Å². The summed E-state index contributed by atoms with van der Waals surface area (Å²) in [6, 6.07) is 0. The van der Waals surface area contributed by atoms with Crippen molar-refractivity contribution in [2.24, 2.45) is 5.41 Å². The normalized spacial score (nSPS) is 10.6. The fraction of sp³-hybridized carbons (Fsp3) is 0.625. The highest BCUT2D eigenvalue weighted by molar-refractivity contribution is 8.05. The fourth-order valence-electron chi connectivity index (χ4n) is 2.13. The molecule has 28 heavy (non-hydrogen) atoms. The molecule has 0 spiro atoms. The Bertz CT molecular complexity index is 692. The van der Waals surface area contributed by atoms with Crippen LogP contribution in [0.2, 0.25) is 0 Å². The van der Waals surface area contributed by atoms with Gasteiger partial charge in [-0.05, 0) is 42.2 Å². The summed E-state index contributed by atoms with van der Waals surface area (Å²) in [5, 5.41) is 40.7. The minimum absolute atomic E-state index is 0.201. The molecule has 0 aliphatic rings. The molecule has 0 aliphatic carbocycles. The van der Waals surface area contributed by atoms with Crippen molar-refractivity contribution in [3.63, 3.8) is 0 Å². The largest absolute Gasteiger partial charge is 0.466 e. The summed E-state index contributed by atoms with van der Waals surface area (Å²) in [5.41, 5.74) is 0.118. The van der Waals surface area contributed by atoms with Crippen molar-refractivity contribution < 1.29 is 14.3 Å². The molecule has 0 amide bonds. The molecule has 0 aromatic carbocycles. The third-order valence-corrected chi connectivity index (χ3v) is 6.08. The SMILES string of the molecule is CCOC(=O)CCn1cc(COCC(CSC#N)(CSC#N)CSC#N)nn1. The van der Waals surface area contributed by atoms with E-state index in [0.29, 0.717) is 36.1 Å². The van der Waals surface area contributed by atoms with Gasteiger partial charge in [0, 0.05) is 22.7 Å². The first kappa shape index (κ1) is 24.1. The van der Waals surface area contributed by atoms with Crippen LogP contribution in [-0.4, -0.2) is 51.4 Å². The van der Waals surface area contributed by atoms with Gasteiger partial charge in [0.05, 0.1) is 39.0 Å². The zero-order valence-corrected chi connectivity index (χ0v) is 17.8. The van der Waals surface area contributed by atoms with Gasteiger partial charge in [-0.2, -0.15) is 15.8 Å². The highest BCUT2D eigenvalue weighted by atomic mass is 32.2. The molecule has 1 rings (SSSR count). The molecule has 12 heteroatoms. The van der Waals surface area contributed by atoms with Crippen LogP contribution in [0.4, 0.5) is 0 Å². The molecule has 1 aromatic rings. The first-order valence-corrected chi connectivity index (χ1v) is 11.2. The highest BCUT2D eigenvalue weighted by Gasteiger charge is 2.31. The van der Waals surface area contributed by atoms with Gasteiger partial charge in [0.2, 0.25) is 0 Å². The van der Waals surface area contributed by atoms with Crippen LogP contribution in [0.25, 0.3) is 0 Å². The molecule has 1 aromatic heterocycles. The minimum Gasteiger partial charge on any atom is -0.466 e. The number of nitriles is 3. The van der Waals surface area contributed by atoms with Gasteiger partial charge in [0.1, 0.15) is 21.9 Å². The number of aryl methyl sites for hydroxylation is 1. The third kappa shape index (κ3) is 9.34. The molecule has 0 N–H and O–H groups in total. The van der Waals surface area contributed by atoms with E-state index >= 15 is 0 Å². The van der Waals surface area contributed by atoms with E-state index in [4.69, 9.17) is 25.3 Å². The van der Waals surface area contributed by atoms with Gasteiger partial charge < -0.3 is 9.47 Å². The summed E-state index contributed by atoms with van der Waals surface area (Å²) in [7, 11) is 0. The number of carbonyl (C=O) groups is 1. The van der Waals surface area contributed by atoms with Gasteiger partial charge in [0.15, 0.2) is 0 Å². The van der Waals surface area contributed by atoms with E-state index in [2.05, 4.69) is 10.3 Å². The lowest BCUT2D eigenvalue weighted by molar-refractivity contribution is -0.143. The molecule has 150 valence electrons. The van der Waals surface area contributed by atoms with E-state index in [1.54, 1.807) is 17.8 Å². The van der Waals surface area contributed by atoms with Gasteiger partial charge in [-0.15, -0.1) is 5.10 Å². The zero-order chi connectivity index (χ0) is 20.7. The molecular weight excluding hydrogens is 420 g/mol. The molecule has 0 radical (unpaired) electrons. The molecule has 0 saturated heterocycles. The quantitative estimate of drug-likeness (QED) is 0.311. The number of aromatic nitrogens is 3. The summed E-state index contributed by atoms with van der Waals surface area (Å²) < 4.78 is 12.2. The average Bonchev–Trinajstić information content (AvgIpc) is 3.15. The lowest BCUT2D eigenvalue weighted by Crippen LogP contribution is -2.35. The van der Waals surface area contributed by atoms with E-state index in [1.807, 2.05) is 16.2 Å². The number of thiocyanates is 3. The van der Waals surface area contributed by atoms with Gasteiger partial charge in [0.25, 0.3) is 0 Å². The Kier molecular flexibility index (Phi) is 12.2. The van der Waals surface area contributed by atoms with Crippen LogP contribution in [0, 0.1) is 37.4 Å². The number of hydrogen-bond donors (Lipinski definition) is 0. The maximum Gasteiger partial charge on any atom is 0.307 e. The molecule has 0 fully saturated rings. The number of nitrogens with zero attached hydrogens (tertiary/aromatic N) is 6. The van der Waals surface area contributed by atoms with E-state index in [9.17, 15) is 4.79 Å². The Balaban J connectivity index is 2.60. The number of thioether (sulfide) groups is 3. The van der Waals surface area contributed by atoms with Crippen LogP contribution in [0.15, 0.2) is 6.20 Å². The lowest BCUT2D eigenvalue weighted by Gasteiger charge is -2.29. The van der Waals surface area contributed by atoms with Gasteiger partial charge in [-0.3, -0.25) is 9.48 Å². The van der Waals surface area contributed by atoms with E-state index < -0.39 is 5.41 Å². The number of hydrogen-bond acceptors (Lipinski definition) is 11. The third-order valence-electron chi connectivity index (χ3n) is 3.42. The second kappa shape index (κ2) is 14.1. The average molecular weight is 441 g/mol. The maximum atomic E-state index is 11.4. The first-order valence-electron chi connectivity index (χ1n) is 8.24. The molecule has 9 nitrogen and oxygen atoms in total. The van der Waals surface area contributed by atoms with Crippen LogP contribution in [0.5, 0.6) is 0 Å². The summed E-state index contributed by atoms with van der Waals surface area (Å²) in [6.45, 7) is 2.94. The van der Waals surface area contributed by atoms with Crippen molar-refractivity contribution in [3.05, 3.63) is 11.9 Å². The Morgan fingerprint density at radius 1 is 1.18 bits per heavy atom. The highest BCUT2D eigenvalue weighted by Crippen LogP contribution is 2.32. The van der Waals surface area contributed by atoms with Gasteiger partial charge >= 0.3 is 5.97 Å². The zero-order valence-electron chi connectivity index (χ0n) is 15.4. The maximum absolute atomic E-state index is 11.4. The summed E-state index contributed by atoms with van der Waals surface area (Å²) >= 11 is 3.25. The molecule has 0 atom stereocenters. The summed E-state index contributed by atoms with van der Waals surface area (Å²) in [4.78, 5) is 11.4. The van der Waals surface area contributed by atoms with Crippen molar-refractivity contribution in [2.45, 2.75) is 26.5 Å². The van der Waals surface area contributed by atoms with Crippen LogP contribution in [0.1, 0.15) is 19.0 Å². The first-order chi connectivity index (χ1) is 13.6. The predicted octanol–water partition coefficient (Wildman–Crippen LogP) is 2.38. The van der Waals surface area contributed by atoms with Crippen LogP contribution < -0.4 is 0 Å². The fourth-order valence-corrected chi connectivity index (χ4v) is 4.49. The topological polar surface area (TPSA) is 138 Å². The monoisotopic (exact) mass is 440 g/mol. The van der Waals surface area contributed by atoms with Crippen LogP contribution >= 0.6 is 35.3 Å². The second-order valence-corrected chi connectivity index (χ2v) is 7.94. The molecule has 0 saturated carbocycles. The summed E-state index contributed by atoms with van der Waals surface area (Å²) in [5.74, 6) is 1.08. The van der Waals surface area contributed by atoms with Gasteiger partial charge in [-0.25, -0.2) is 0 Å². The summed E-state index contributed by atoms with van der Waals surface area (Å²) in [6.07, 6.45) is 1.90. The Morgan fingerprint density at radius 3 is 2.32 bits per heavy atom. The van der Waals surface area contributed by atoms with E-state index in [0.717, 1.165) is 35.3 Å². The molecule has 0 unspecified atom stereocenters. The van der Waals surface area contributed by atoms with Crippen molar-refractivity contribution in [1.82, 2.24) is 15.0 Å². The molecule has 1 heterocycles. The molecular formula is C16H20N6O3S3. The van der Waals surface area contributed by atoms with Crippen molar-refractivity contribution >= 4 is 41.3 Å². The second-order valence-electron chi connectivity index (χ2n) is 5.66. The van der Waals surface area contributed by atoms with Gasteiger partial charge in [-0.1, -0.05) is 5.21 Å². The number of rotatable bonds is 14. The van der Waals surface area contributed by atoms with Crippen molar-refractivity contribution in [1.29, 1.82) is 15.8 Å². The van der Waals surface area contributed by atoms with Crippen molar-refractivity contribution in [2.75, 3.05) is 30.5 Å². The Morgan fingerprint density at radius 2 is 1.79 bits per heavy atom. The Hall–Kier alpha value is -1.91. The smallest absolute Gasteiger partial charge is 0.307 e. The standard InChI is InChI=1S/C16H20N6O3S3/c1-2-25-15(23)3-4-22-5-14(20-21-22)6-24-7-16(8-26-11-17,9-27-12-18)10-28-13-19/h5H,2-4,6-10H2,1H3. The van der Waals surface area contributed by atoms with E-state index in [-0.39, 0.29) is 25.6 Å². The molecule has 0 bridgehead atoms. The minimum atomic E-state index is -0.485. The predicted molar refractivity (Wildman–Crippen MR) is 108 cm³/mol.